The molecule has 0 saturated carbocycles. The molecule has 0 aromatic heterocycles. The summed E-state index contributed by atoms with van der Waals surface area (Å²) in [7, 11) is 0. The number of rotatable bonds is 5. The molecule has 1 aliphatic heterocycles. The van der Waals surface area contributed by atoms with Crippen molar-refractivity contribution in [3.63, 3.8) is 0 Å². The topological polar surface area (TPSA) is 105 Å². The first-order valence-corrected chi connectivity index (χ1v) is 11.9. The molecule has 2 amide bonds. The summed E-state index contributed by atoms with van der Waals surface area (Å²) in [6, 6.07) is 16.0. The van der Waals surface area contributed by atoms with Gasteiger partial charge in [0.1, 0.15) is 6.61 Å². The lowest BCUT2D eigenvalue weighted by molar-refractivity contribution is -0.160. The lowest BCUT2D eigenvalue weighted by Crippen LogP contribution is -2.51. The molecule has 0 bridgehead atoms. The third-order valence-electron chi connectivity index (χ3n) is 6.98. The van der Waals surface area contributed by atoms with Gasteiger partial charge in [-0.15, -0.1) is 0 Å². The van der Waals surface area contributed by atoms with Crippen LogP contribution in [0.4, 0.5) is 4.79 Å². The smallest absolute Gasteiger partial charge is 0.407 e. The maximum Gasteiger partial charge on any atom is 0.407 e. The normalized spacial score (nSPS) is 23.3. The highest BCUT2D eigenvalue weighted by atomic mass is 16.5. The molecule has 1 fully saturated rings. The molecule has 0 spiro atoms. The van der Waals surface area contributed by atoms with Gasteiger partial charge in [0.2, 0.25) is 5.91 Å². The van der Waals surface area contributed by atoms with Crippen LogP contribution < -0.4 is 5.32 Å². The SMILES string of the molecule is O=C(NC1C=CCC(C(=O)N2CCOC(C(=O)O)C2)C1)OCC1c2ccccc2-c2ccccc21. The van der Waals surface area contributed by atoms with Crippen LogP contribution in [-0.2, 0) is 19.1 Å². The van der Waals surface area contributed by atoms with Crippen molar-refractivity contribution in [1.82, 2.24) is 10.2 Å². The van der Waals surface area contributed by atoms with Gasteiger partial charge in [-0.05, 0) is 35.1 Å². The number of fused-ring (bicyclic) bond motifs is 3. The van der Waals surface area contributed by atoms with E-state index in [0.29, 0.717) is 19.4 Å². The van der Waals surface area contributed by atoms with Crippen LogP contribution in [0.15, 0.2) is 60.7 Å². The highest BCUT2D eigenvalue weighted by molar-refractivity contribution is 5.81. The zero-order valence-electron chi connectivity index (χ0n) is 19.3. The molecular weight excluding hydrogens is 448 g/mol. The number of allylic oxidation sites excluding steroid dienone is 1. The van der Waals surface area contributed by atoms with Crippen LogP contribution in [0.25, 0.3) is 11.1 Å². The molecule has 2 aliphatic carbocycles. The fourth-order valence-electron chi connectivity index (χ4n) is 5.25. The van der Waals surface area contributed by atoms with Crippen molar-refractivity contribution in [2.75, 3.05) is 26.3 Å². The van der Waals surface area contributed by atoms with Crippen molar-refractivity contribution >= 4 is 18.0 Å². The van der Waals surface area contributed by atoms with Crippen LogP contribution in [-0.4, -0.2) is 66.4 Å². The number of carboxylic acids is 1. The van der Waals surface area contributed by atoms with Crippen LogP contribution in [0.5, 0.6) is 0 Å². The van der Waals surface area contributed by atoms with Gasteiger partial charge in [-0.1, -0.05) is 60.7 Å². The Morgan fingerprint density at radius 1 is 1.06 bits per heavy atom. The molecule has 1 heterocycles. The number of carbonyl (C=O) groups excluding carboxylic acids is 2. The molecule has 3 atom stereocenters. The summed E-state index contributed by atoms with van der Waals surface area (Å²) in [5.41, 5.74) is 4.63. The molecule has 8 heteroatoms. The number of hydrogen-bond acceptors (Lipinski definition) is 5. The molecule has 2 aromatic carbocycles. The number of benzene rings is 2. The summed E-state index contributed by atoms with van der Waals surface area (Å²) in [6.07, 6.45) is 3.24. The quantitative estimate of drug-likeness (QED) is 0.643. The van der Waals surface area contributed by atoms with Crippen molar-refractivity contribution in [2.24, 2.45) is 5.92 Å². The molecular formula is C27H28N2O6. The number of nitrogens with one attached hydrogen (secondary N) is 1. The Hall–Kier alpha value is -3.65. The minimum atomic E-state index is -1.07. The Morgan fingerprint density at radius 2 is 1.74 bits per heavy atom. The van der Waals surface area contributed by atoms with Gasteiger partial charge in [-0.2, -0.15) is 0 Å². The second kappa shape index (κ2) is 9.92. The zero-order chi connectivity index (χ0) is 24.4. The molecule has 182 valence electrons. The number of carboxylic acid groups (broad SMARTS) is 1. The third kappa shape index (κ3) is 4.79. The van der Waals surface area contributed by atoms with E-state index in [-0.39, 0.29) is 43.5 Å². The maximum absolute atomic E-state index is 13.0. The van der Waals surface area contributed by atoms with E-state index >= 15 is 0 Å². The molecule has 0 radical (unpaired) electrons. The highest BCUT2D eigenvalue weighted by Crippen LogP contribution is 2.44. The molecule has 3 aliphatic rings. The van der Waals surface area contributed by atoms with Crippen molar-refractivity contribution < 1.29 is 29.0 Å². The summed E-state index contributed by atoms with van der Waals surface area (Å²) in [5, 5.41) is 12.1. The Morgan fingerprint density at radius 3 is 2.43 bits per heavy atom. The lowest BCUT2D eigenvalue weighted by atomic mass is 9.89. The zero-order valence-corrected chi connectivity index (χ0v) is 19.3. The summed E-state index contributed by atoms with van der Waals surface area (Å²) in [6.45, 7) is 0.835. The largest absolute Gasteiger partial charge is 0.479 e. The van der Waals surface area contributed by atoms with Gasteiger partial charge in [0.25, 0.3) is 0 Å². The van der Waals surface area contributed by atoms with Crippen molar-refractivity contribution in [3.8, 4) is 11.1 Å². The third-order valence-corrected chi connectivity index (χ3v) is 6.98. The van der Waals surface area contributed by atoms with Crippen molar-refractivity contribution in [3.05, 3.63) is 71.8 Å². The molecule has 2 aromatic rings. The van der Waals surface area contributed by atoms with E-state index in [1.54, 1.807) is 4.90 Å². The Bertz CT molecular complexity index is 1120. The Labute approximate surface area is 203 Å². The maximum atomic E-state index is 13.0. The Balaban J connectivity index is 1.17. The first kappa shape index (κ1) is 23.1. The summed E-state index contributed by atoms with van der Waals surface area (Å²) >= 11 is 0. The van der Waals surface area contributed by atoms with Gasteiger partial charge in [0.15, 0.2) is 6.10 Å². The lowest BCUT2D eigenvalue weighted by Gasteiger charge is -2.34. The molecule has 2 N–H and O–H groups in total. The molecule has 3 unspecified atom stereocenters. The monoisotopic (exact) mass is 476 g/mol. The number of amides is 2. The van der Waals surface area contributed by atoms with E-state index in [1.807, 2.05) is 36.4 Å². The second-order valence-corrected chi connectivity index (χ2v) is 9.15. The van der Waals surface area contributed by atoms with Gasteiger partial charge < -0.3 is 24.8 Å². The van der Waals surface area contributed by atoms with E-state index in [0.717, 1.165) is 11.1 Å². The van der Waals surface area contributed by atoms with Gasteiger partial charge in [-0.3, -0.25) is 4.79 Å². The van der Waals surface area contributed by atoms with E-state index < -0.39 is 18.2 Å². The summed E-state index contributed by atoms with van der Waals surface area (Å²) in [4.78, 5) is 38.4. The van der Waals surface area contributed by atoms with E-state index in [9.17, 15) is 19.5 Å². The number of carbonyl (C=O) groups is 3. The van der Waals surface area contributed by atoms with Gasteiger partial charge in [0, 0.05) is 18.4 Å². The minimum Gasteiger partial charge on any atom is -0.479 e. The van der Waals surface area contributed by atoms with Crippen LogP contribution in [0.1, 0.15) is 29.9 Å². The average Bonchev–Trinajstić information content (AvgIpc) is 3.21. The van der Waals surface area contributed by atoms with Crippen molar-refractivity contribution in [1.29, 1.82) is 0 Å². The summed E-state index contributed by atoms with van der Waals surface area (Å²) < 4.78 is 10.8. The number of morpholine rings is 1. The molecule has 35 heavy (non-hydrogen) atoms. The second-order valence-electron chi connectivity index (χ2n) is 9.15. The van der Waals surface area contributed by atoms with Crippen LogP contribution in [0.2, 0.25) is 0 Å². The van der Waals surface area contributed by atoms with E-state index in [1.165, 1.54) is 11.1 Å². The first-order chi connectivity index (χ1) is 17.0. The number of ether oxygens (including phenoxy) is 2. The molecule has 5 rings (SSSR count). The predicted octanol–water partition coefficient (Wildman–Crippen LogP) is 3.17. The van der Waals surface area contributed by atoms with E-state index in [4.69, 9.17) is 9.47 Å². The van der Waals surface area contributed by atoms with Gasteiger partial charge in [-0.25, -0.2) is 9.59 Å². The summed E-state index contributed by atoms with van der Waals surface area (Å²) in [5.74, 6) is -1.52. The van der Waals surface area contributed by atoms with Crippen molar-refractivity contribution in [2.45, 2.75) is 30.9 Å². The standard InChI is InChI=1S/C27H28N2O6/c30-25(29-12-13-34-24(15-29)26(31)32)17-6-5-7-18(14-17)28-27(33)35-16-23-21-10-3-1-8-19(21)20-9-2-4-11-22(20)23/h1-5,7-11,17-18,23-24H,6,12-16H2,(H,28,33)(H,31,32). The predicted molar refractivity (Wildman–Crippen MR) is 128 cm³/mol. The number of hydrogen-bond donors (Lipinski definition) is 2. The molecule has 8 nitrogen and oxygen atoms in total. The highest BCUT2D eigenvalue weighted by Gasteiger charge is 2.34. The van der Waals surface area contributed by atoms with Gasteiger partial charge in [0.05, 0.1) is 19.2 Å². The number of aliphatic carboxylic acids is 1. The number of alkyl carbamates (subject to hydrolysis) is 1. The van der Waals surface area contributed by atoms with Gasteiger partial charge >= 0.3 is 12.1 Å². The average molecular weight is 477 g/mol. The molecule has 1 saturated heterocycles. The fourth-order valence-corrected chi connectivity index (χ4v) is 5.25. The fraction of sp³-hybridized carbons (Fsp3) is 0.370. The number of nitrogens with zero attached hydrogens (tertiary/aromatic N) is 1. The first-order valence-electron chi connectivity index (χ1n) is 11.9. The van der Waals surface area contributed by atoms with E-state index in [2.05, 4.69) is 29.6 Å². The van der Waals surface area contributed by atoms with Crippen LogP contribution in [0.3, 0.4) is 0 Å². The van der Waals surface area contributed by atoms with Crippen LogP contribution >= 0.6 is 0 Å². The minimum absolute atomic E-state index is 0.0205. The Kier molecular flexibility index (Phi) is 6.55. The van der Waals surface area contributed by atoms with Crippen LogP contribution in [0, 0.1) is 5.92 Å².